The molecule has 19 heavy (non-hydrogen) atoms. The molecule has 1 aliphatic rings. The van der Waals surface area contributed by atoms with Crippen LogP contribution in [0.3, 0.4) is 0 Å². The van der Waals surface area contributed by atoms with E-state index in [0.717, 1.165) is 5.56 Å². The minimum Gasteiger partial charge on any atom is -0.496 e. The molecule has 0 saturated carbocycles. The molecule has 0 spiro atoms. The second-order valence-corrected chi connectivity index (χ2v) is 4.42. The number of aryl methyl sites for hydroxylation is 1. The molecule has 0 radical (unpaired) electrons. The van der Waals surface area contributed by atoms with E-state index in [4.69, 9.17) is 9.84 Å². The van der Waals surface area contributed by atoms with Gasteiger partial charge in [0.15, 0.2) is 6.10 Å². The molecule has 1 aromatic carbocycles. The molecule has 0 aliphatic carbocycles. The van der Waals surface area contributed by atoms with E-state index in [-0.39, 0.29) is 11.5 Å². The first-order chi connectivity index (χ1) is 8.95. The van der Waals surface area contributed by atoms with Gasteiger partial charge in [-0.05, 0) is 24.1 Å². The van der Waals surface area contributed by atoms with Crippen molar-refractivity contribution in [3.8, 4) is 5.75 Å². The van der Waals surface area contributed by atoms with Gasteiger partial charge in [0.2, 0.25) is 5.91 Å². The summed E-state index contributed by atoms with van der Waals surface area (Å²) in [6.07, 6.45) is -0.683. The van der Waals surface area contributed by atoms with E-state index >= 15 is 0 Å². The monoisotopic (exact) mass is 265 g/mol. The van der Waals surface area contributed by atoms with Crippen molar-refractivity contribution in [1.29, 1.82) is 0 Å². The van der Waals surface area contributed by atoms with Crippen LogP contribution in [0.1, 0.15) is 23.7 Å². The summed E-state index contributed by atoms with van der Waals surface area (Å²) in [5.41, 5.74) is 1.67. The Morgan fingerprint density at radius 2 is 2.11 bits per heavy atom. The Bertz CT molecular complexity index is 540. The fourth-order valence-corrected chi connectivity index (χ4v) is 2.21. The number of carbonyl (C=O) groups excluding carboxylic acids is 1. The number of fused-ring (bicyclic) bond motifs is 1. The highest BCUT2D eigenvalue weighted by molar-refractivity contribution is 5.96. The van der Waals surface area contributed by atoms with Gasteiger partial charge in [0.05, 0.1) is 7.11 Å². The summed E-state index contributed by atoms with van der Waals surface area (Å²) in [7, 11) is 3.04. The summed E-state index contributed by atoms with van der Waals surface area (Å²) in [5.74, 6) is -1.08. The number of ether oxygens (including phenoxy) is 1. The van der Waals surface area contributed by atoms with Gasteiger partial charge < -0.3 is 19.8 Å². The zero-order chi connectivity index (χ0) is 14.2. The second kappa shape index (κ2) is 4.89. The molecule has 2 N–H and O–H groups in total. The van der Waals surface area contributed by atoms with Gasteiger partial charge in [0.1, 0.15) is 5.75 Å². The van der Waals surface area contributed by atoms with Gasteiger partial charge in [-0.25, -0.2) is 4.79 Å². The van der Waals surface area contributed by atoms with Crippen molar-refractivity contribution in [2.24, 2.45) is 0 Å². The number of benzene rings is 1. The van der Waals surface area contributed by atoms with E-state index in [1.165, 1.54) is 18.1 Å². The maximum Gasteiger partial charge on any atom is 0.337 e. The van der Waals surface area contributed by atoms with E-state index in [2.05, 4.69) is 0 Å². The first-order valence-electron chi connectivity index (χ1n) is 5.84. The molecule has 102 valence electrons. The molecule has 0 fully saturated rings. The van der Waals surface area contributed by atoms with Gasteiger partial charge in [-0.1, -0.05) is 0 Å². The number of carbonyl (C=O) groups is 2. The molecule has 1 aromatic rings. The van der Waals surface area contributed by atoms with E-state index < -0.39 is 12.1 Å². The summed E-state index contributed by atoms with van der Waals surface area (Å²) in [5, 5.41) is 18.6. The predicted octanol–water partition coefficient (Wildman–Crippen LogP) is 0.722. The highest BCUT2D eigenvalue weighted by Gasteiger charge is 2.27. The molecule has 1 heterocycles. The summed E-state index contributed by atoms with van der Waals surface area (Å²) >= 11 is 0. The van der Waals surface area contributed by atoms with Crippen LogP contribution >= 0.6 is 0 Å². The number of anilines is 1. The number of amides is 1. The smallest absolute Gasteiger partial charge is 0.337 e. The fourth-order valence-electron chi connectivity index (χ4n) is 2.21. The van der Waals surface area contributed by atoms with E-state index in [9.17, 15) is 14.7 Å². The first kappa shape index (κ1) is 13.4. The number of nitrogens with zero attached hydrogens (tertiary/aromatic N) is 1. The number of methoxy groups -OCH3 is 1. The molecular weight excluding hydrogens is 250 g/mol. The quantitative estimate of drug-likeness (QED) is 0.841. The lowest BCUT2D eigenvalue weighted by Crippen LogP contribution is -2.31. The molecule has 1 unspecified atom stereocenters. The highest BCUT2D eigenvalue weighted by atomic mass is 16.5. The number of aliphatic hydroxyl groups excluding tert-OH is 1. The van der Waals surface area contributed by atoms with Crippen molar-refractivity contribution in [2.45, 2.75) is 18.9 Å². The maximum absolute atomic E-state index is 11.6. The van der Waals surface area contributed by atoms with Crippen LogP contribution in [0.15, 0.2) is 12.1 Å². The second-order valence-electron chi connectivity index (χ2n) is 4.42. The van der Waals surface area contributed by atoms with Crippen LogP contribution in [-0.4, -0.2) is 36.2 Å². The minimum absolute atomic E-state index is 0.0339. The lowest BCUT2D eigenvalue weighted by molar-refractivity contribution is -0.147. The molecular formula is C13H15NO5. The third-order valence-electron chi connectivity index (χ3n) is 3.30. The van der Waals surface area contributed by atoms with Crippen LogP contribution < -0.4 is 9.64 Å². The van der Waals surface area contributed by atoms with Crippen LogP contribution in [-0.2, 0) is 16.0 Å². The molecule has 0 aromatic heterocycles. The van der Waals surface area contributed by atoms with Gasteiger partial charge in [-0.2, -0.15) is 0 Å². The number of rotatable bonds is 3. The Morgan fingerprint density at radius 1 is 1.42 bits per heavy atom. The zero-order valence-electron chi connectivity index (χ0n) is 10.7. The topological polar surface area (TPSA) is 87.1 Å². The van der Waals surface area contributed by atoms with Crippen LogP contribution in [0.25, 0.3) is 0 Å². The number of carboxylic acid groups (broad SMARTS) is 1. The lowest BCUT2D eigenvalue weighted by Gasteiger charge is -2.27. The predicted molar refractivity (Wildman–Crippen MR) is 67.3 cm³/mol. The standard InChI is InChI=1S/C13H15NO5/c1-14-9-6-8(12(16)13(17)18)10(19-2)5-7(9)3-4-11(14)15/h5-6,12,16H,3-4H2,1-2H3,(H,17,18). The molecule has 1 atom stereocenters. The third-order valence-corrected chi connectivity index (χ3v) is 3.30. The Labute approximate surface area is 110 Å². The number of hydrogen-bond donors (Lipinski definition) is 2. The van der Waals surface area contributed by atoms with Crippen LogP contribution in [0, 0.1) is 0 Å². The van der Waals surface area contributed by atoms with Gasteiger partial charge in [0.25, 0.3) is 0 Å². The molecule has 1 amide bonds. The molecule has 6 heteroatoms. The number of aliphatic hydroxyl groups is 1. The average Bonchev–Trinajstić information content (AvgIpc) is 2.40. The summed E-state index contributed by atoms with van der Waals surface area (Å²) in [4.78, 5) is 24.0. The van der Waals surface area contributed by atoms with Crippen LogP contribution in [0.2, 0.25) is 0 Å². The SMILES string of the molecule is COc1cc2c(cc1C(O)C(=O)O)N(C)C(=O)CC2. The Kier molecular flexibility index (Phi) is 3.44. The number of hydrogen-bond acceptors (Lipinski definition) is 4. The number of carboxylic acids is 1. The Hall–Kier alpha value is -2.08. The molecule has 2 rings (SSSR count). The van der Waals surface area contributed by atoms with Gasteiger partial charge in [0, 0.05) is 24.7 Å². The van der Waals surface area contributed by atoms with Gasteiger partial charge in [-0.15, -0.1) is 0 Å². The lowest BCUT2D eigenvalue weighted by atomic mass is 9.96. The Balaban J connectivity index is 2.56. The van der Waals surface area contributed by atoms with Gasteiger partial charge >= 0.3 is 5.97 Å². The van der Waals surface area contributed by atoms with E-state index in [1.807, 2.05) is 0 Å². The molecule has 0 saturated heterocycles. The normalized spacial score (nSPS) is 15.9. The molecule has 0 bridgehead atoms. The van der Waals surface area contributed by atoms with Crippen molar-refractivity contribution in [3.63, 3.8) is 0 Å². The van der Waals surface area contributed by atoms with Crippen molar-refractivity contribution in [3.05, 3.63) is 23.3 Å². The Morgan fingerprint density at radius 3 is 2.68 bits per heavy atom. The van der Waals surface area contributed by atoms with Crippen LogP contribution in [0.5, 0.6) is 5.75 Å². The minimum atomic E-state index is -1.68. The maximum atomic E-state index is 11.6. The first-order valence-corrected chi connectivity index (χ1v) is 5.84. The zero-order valence-corrected chi connectivity index (χ0v) is 10.7. The summed E-state index contributed by atoms with van der Waals surface area (Å²) in [6, 6.07) is 3.18. The largest absolute Gasteiger partial charge is 0.496 e. The van der Waals surface area contributed by atoms with Crippen molar-refractivity contribution in [2.75, 3.05) is 19.1 Å². The average molecular weight is 265 g/mol. The van der Waals surface area contributed by atoms with Crippen molar-refractivity contribution < 1.29 is 24.5 Å². The van der Waals surface area contributed by atoms with E-state index in [1.54, 1.807) is 13.1 Å². The summed E-state index contributed by atoms with van der Waals surface area (Å²) in [6.45, 7) is 0. The molecule has 1 aliphatic heterocycles. The van der Waals surface area contributed by atoms with Crippen molar-refractivity contribution in [1.82, 2.24) is 0 Å². The highest BCUT2D eigenvalue weighted by Crippen LogP contribution is 2.36. The van der Waals surface area contributed by atoms with Gasteiger partial charge in [-0.3, -0.25) is 4.79 Å². The molecule has 6 nitrogen and oxygen atoms in total. The number of aliphatic carboxylic acids is 1. The van der Waals surface area contributed by atoms with Crippen molar-refractivity contribution >= 4 is 17.6 Å². The fraction of sp³-hybridized carbons (Fsp3) is 0.385. The third kappa shape index (κ3) is 2.26. The van der Waals surface area contributed by atoms with Crippen LogP contribution in [0.4, 0.5) is 5.69 Å². The van der Waals surface area contributed by atoms with E-state index in [0.29, 0.717) is 24.3 Å². The summed E-state index contributed by atoms with van der Waals surface area (Å²) < 4.78 is 5.12.